The summed E-state index contributed by atoms with van der Waals surface area (Å²) in [5, 5.41) is 14.0. The minimum atomic E-state index is -0.0641. The molecule has 1 aromatic rings. The number of phenols is 1. The third-order valence-electron chi connectivity index (χ3n) is 3.81. The van der Waals surface area contributed by atoms with E-state index < -0.39 is 0 Å². The van der Waals surface area contributed by atoms with Crippen molar-refractivity contribution in [3.8, 4) is 5.75 Å². The molecular weight excluding hydrogens is 210 g/mol. The molecule has 0 amide bonds. The van der Waals surface area contributed by atoms with E-state index in [4.69, 9.17) is 0 Å². The van der Waals surface area contributed by atoms with Crippen molar-refractivity contribution >= 4 is 0 Å². The summed E-state index contributed by atoms with van der Waals surface area (Å²) in [7, 11) is 0. The van der Waals surface area contributed by atoms with Gasteiger partial charge in [0.25, 0.3) is 0 Å². The van der Waals surface area contributed by atoms with Crippen LogP contribution in [0.3, 0.4) is 0 Å². The van der Waals surface area contributed by atoms with E-state index >= 15 is 0 Å². The van der Waals surface area contributed by atoms with Crippen molar-refractivity contribution in [3.05, 3.63) is 29.3 Å². The summed E-state index contributed by atoms with van der Waals surface area (Å²) in [6, 6.07) is 6.13. The number of nitrogens with one attached hydrogen (secondary N) is 1. The number of para-hydroxylation sites is 1. The highest BCUT2D eigenvalue weighted by Gasteiger charge is 2.34. The zero-order valence-corrected chi connectivity index (χ0v) is 11.3. The van der Waals surface area contributed by atoms with Gasteiger partial charge in [-0.3, -0.25) is 0 Å². The molecule has 94 valence electrons. The molecule has 1 unspecified atom stereocenters. The van der Waals surface area contributed by atoms with Gasteiger partial charge in [0, 0.05) is 11.1 Å². The second kappa shape index (κ2) is 4.02. The summed E-state index contributed by atoms with van der Waals surface area (Å²) in [5.41, 5.74) is 1.99. The van der Waals surface area contributed by atoms with Crippen LogP contribution in [0.4, 0.5) is 0 Å². The summed E-state index contributed by atoms with van der Waals surface area (Å²) in [5.74, 6) is 0.469. The molecule has 0 spiro atoms. The molecular formula is C15H23NO. The Balaban J connectivity index is 2.49. The van der Waals surface area contributed by atoms with Crippen LogP contribution in [-0.4, -0.2) is 11.7 Å². The van der Waals surface area contributed by atoms with Gasteiger partial charge in [0.2, 0.25) is 0 Å². The number of aromatic hydroxyl groups is 1. The SMILES string of the molecule is CC(C)(C)c1cccc(C2(C)CCCN2)c1O. The maximum absolute atomic E-state index is 10.5. The van der Waals surface area contributed by atoms with E-state index in [2.05, 4.69) is 39.1 Å². The van der Waals surface area contributed by atoms with Gasteiger partial charge in [-0.25, -0.2) is 0 Å². The lowest BCUT2D eigenvalue weighted by atomic mass is 9.81. The van der Waals surface area contributed by atoms with Crippen LogP contribution in [0.15, 0.2) is 18.2 Å². The number of phenolic OH excluding ortho intramolecular Hbond substituents is 1. The highest BCUT2D eigenvalue weighted by Crippen LogP contribution is 2.40. The molecule has 0 aromatic heterocycles. The summed E-state index contributed by atoms with van der Waals surface area (Å²) in [6.07, 6.45) is 2.27. The second-order valence-corrected chi connectivity index (χ2v) is 6.31. The molecule has 1 heterocycles. The Kier molecular flexibility index (Phi) is 2.94. The van der Waals surface area contributed by atoms with E-state index in [1.54, 1.807) is 0 Å². The molecule has 0 bridgehead atoms. The van der Waals surface area contributed by atoms with E-state index in [1.807, 2.05) is 12.1 Å². The van der Waals surface area contributed by atoms with Gasteiger partial charge in [-0.15, -0.1) is 0 Å². The van der Waals surface area contributed by atoms with Crippen LogP contribution in [0.25, 0.3) is 0 Å². The molecule has 0 saturated carbocycles. The average molecular weight is 233 g/mol. The van der Waals surface area contributed by atoms with E-state index in [-0.39, 0.29) is 11.0 Å². The minimum absolute atomic E-state index is 0.0188. The maximum Gasteiger partial charge on any atom is 0.124 e. The van der Waals surface area contributed by atoms with Crippen LogP contribution < -0.4 is 5.32 Å². The molecule has 1 aliphatic rings. The predicted molar refractivity (Wildman–Crippen MR) is 71.4 cm³/mol. The van der Waals surface area contributed by atoms with Gasteiger partial charge in [0.15, 0.2) is 0 Å². The lowest BCUT2D eigenvalue weighted by molar-refractivity contribution is 0.384. The number of benzene rings is 1. The summed E-state index contributed by atoms with van der Waals surface area (Å²) < 4.78 is 0. The second-order valence-electron chi connectivity index (χ2n) is 6.31. The monoisotopic (exact) mass is 233 g/mol. The van der Waals surface area contributed by atoms with E-state index in [0.29, 0.717) is 5.75 Å². The zero-order chi connectivity index (χ0) is 12.7. The van der Waals surface area contributed by atoms with E-state index in [9.17, 15) is 5.11 Å². The van der Waals surface area contributed by atoms with Gasteiger partial charge in [-0.1, -0.05) is 39.0 Å². The van der Waals surface area contributed by atoms with Gasteiger partial charge >= 0.3 is 0 Å². The maximum atomic E-state index is 10.5. The van der Waals surface area contributed by atoms with Crippen molar-refractivity contribution in [3.63, 3.8) is 0 Å². The fourth-order valence-electron chi connectivity index (χ4n) is 2.72. The Morgan fingerprint density at radius 1 is 1.29 bits per heavy atom. The summed E-state index contributed by atoms with van der Waals surface area (Å²) >= 11 is 0. The van der Waals surface area contributed by atoms with Crippen LogP contribution in [-0.2, 0) is 11.0 Å². The van der Waals surface area contributed by atoms with Crippen LogP contribution in [0.1, 0.15) is 51.7 Å². The van der Waals surface area contributed by atoms with Gasteiger partial charge in [-0.2, -0.15) is 0 Å². The normalized spacial score (nSPS) is 25.2. The zero-order valence-electron chi connectivity index (χ0n) is 11.3. The number of hydrogen-bond donors (Lipinski definition) is 2. The highest BCUT2D eigenvalue weighted by atomic mass is 16.3. The van der Waals surface area contributed by atoms with Crippen molar-refractivity contribution in [1.82, 2.24) is 5.32 Å². The fraction of sp³-hybridized carbons (Fsp3) is 0.600. The Bertz CT molecular complexity index is 411. The van der Waals surface area contributed by atoms with Crippen molar-refractivity contribution < 1.29 is 5.11 Å². The molecule has 1 aromatic carbocycles. The van der Waals surface area contributed by atoms with Gasteiger partial charge in [0.1, 0.15) is 5.75 Å². The standard InChI is InChI=1S/C15H23NO/c1-14(2,3)11-7-5-8-12(13(11)17)15(4)9-6-10-16-15/h5,7-8,16-17H,6,9-10H2,1-4H3. The van der Waals surface area contributed by atoms with Crippen LogP contribution >= 0.6 is 0 Å². The lowest BCUT2D eigenvalue weighted by Crippen LogP contribution is -2.33. The van der Waals surface area contributed by atoms with Crippen LogP contribution in [0, 0.1) is 0 Å². The predicted octanol–water partition coefficient (Wildman–Crippen LogP) is 3.29. The Morgan fingerprint density at radius 3 is 2.53 bits per heavy atom. The molecule has 2 rings (SSSR count). The minimum Gasteiger partial charge on any atom is -0.507 e. The quantitative estimate of drug-likeness (QED) is 0.780. The van der Waals surface area contributed by atoms with E-state index in [1.165, 1.54) is 6.42 Å². The van der Waals surface area contributed by atoms with Crippen molar-refractivity contribution in [1.29, 1.82) is 0 Å². The number of hydrogen-bond acceptors (Lipinski definition) is 2. The van der Waals surface area contributed by atoms with E-state index in [0.717, 1.165) is 24.1 Å². The van der Waals surface area contributed by atoms with Crippen molar-refractivity contribution in [2.45, 2.75) is 51.5 Å². The smallest absolute Gasteiger partial charge is 0.124 e. The first-order chi connectivity index (χ1) is 7.84. The molecule has 0 radical (unpaired) electrons. The Labute approximate surface area is 104 Å². The topological polar surface area (TPSA) is 32.3 Å². The first-order valence-corrected chi connectivity index (χ1v) is 6.42. The fourth-order valence-corrected chi connectivity index (χ4v) is 2.72. The highest BCUT2D eigenvalue weighted by molar-refractivity contribution is 5.47. The summed E-state index contributed by atoms with van der Waals surface area (Å²) in [4.78, 5) is 0. The van der Waals surface area contributed by atoms with Gasteiger partial charge in [-0.05, 0) is 37.3 Å². The Morgan fingerprint density at radius 2 is 2.00 bits per heavy atom. The Hall–Kier alpha value is -1.02. The third kappa shape index (κ3) is 2.19. The first kappa shape index (κ1) is 12.4. The molecule has 1 aliphatic heterocycles. The molecule has 2 nitrogen and oxygen atoms in total. The molecule has 1 saturated heterocycles. The molecule has 17 heavy (non-hydrogen) atoms. The molecule has 2 heteroatoms. The third-order valence-corrected chi connectivity index (χ3v) is 3.81. The van der Waals surface area contributed by atoms with Crippen molar-refractivity contribution in [2.24, 2.45) is 0 Å². The van der Waals surface area contributed by atoms with Gasteiger partial charge in [0.05, 0.1) is 0 Å². The van der Waals surface area contributed by atoms with Crippen LogP contribution in [0.2, 0.25) is 0 Å². The number of rotatable bonds is 1. The van der Waals surface area contributed by atoms with Crippen LogP contribution in [0.5, 0.6) is 5.75 Å². The molecule has 0 aliphatic carbocycles. The molecule has 1 fully saturated rings. The molecule has 2 N–H and O–H groups in total. The molecule has 1 atom stereocenters. The van der Waals surface area contributed by atoms with Gasteiger partial charge < -0.3 is 10.4 Å². The first-order valence-electron chi connectivity index (χ1n) is 6.42. The van der Waals surface area contributed by atoms with Crippen molar-refractivity contribution in [2.75, 3.05) is 6.54 Å². The largest absolute Gasteiger partial charge is 0.507 e. The average Bonchev–Trinajstić information content (AvgIpc) is 2.64. The lowest BCUT2D eigenvalue weighted by Gasteiger charge is -2.29. The summed E-state index contributed by atoms with van der Waals surface area (Å²) in [6.45, 7) is 9.62.